The number of halogens is 2. The van der Waals surface area contributed by atoms with Gasteiger partial charge in [0.2, 0.25) is 23.6 Å². The molecule has 138 valence electrons. The maximum atomic E-state index is 12.1. The smallest absolute Gasteiger partial charge is 0.242 e. The van der Waals surface area contributed by atoms with Gasteiger partial charge in [-0.3, -0.25) is 19.2 Å². The van der Waals surface area contributed by atoms with Crippen molar-refractivity contribution in [3.05, 3.63) is 0 Å². The summed E-state index contributed by atoms with van der Waals surface area (Å²) >= 11 is 7.31. The van der Waals surface area contributed by atoms with Crippen LogP contribution >= 0.6 is 34.2 Å². The van der Waals surface area contributed by atoms with Crippen molar-refractivity contribution in [3.63, 3.8) is 0 Å². The van der Waals surface area contributed by atoms with Gasteiger partial charge in [0.15, 0.2) is 0 Å². The standard InChI is InChI=1S/C14H24ClIN4O4/c1-2-11(21)20-10(4-3-5-17-13(23)9-16)14(24)19-7-6-18-12(22)8-15/h10H,2-9H2,1H3,(H,17,23)(H,18,22)(H,19,24)(H,20,21). The highest BCUT2D eigenvalue weighted by Crippen LogP contribution is 1.98. The third-order valence-electron chi connectivity index (χ3n) is 2.95. The Kier molecular flexibility index (Phi) is 13.6. The van der Waals surface area contributed by atoms with E-state index >= 15 is 0 Å². The van der Waals surface area contributed by atoms with E-state index < -0.39 is 6.04 Å². The molecule has 4 amide bonds. The van der Waals surface area contributed by atoms with Crippen LogP contribution in [0.2, 0.25) is 0 Å². The number of nitrogens with one attached hydrogen (secondary N) is 4. The SMILES string of the molecule is CCC(=O)NC(CCCNC(=O)CI)C(=O)NCCNC(=O)CCl. The molecular formula is C14H24ClIN4O4. The molecule has 8 nitrogen and oxygen atoms in total. The van der Waals surface area contributed by atoms with Gasteiger partial charge in [-0.2, -0.15) is 0 Å². The molecule has 10 heteroatoms. The van der Waals surface area contributed by atoms with Crippen molar-refractivity contribution >= 4 is 57.8 Å². The molecule has 0 fully saturated rings. The first-order chi connectivity index (χ1) is 11.4. The molecule has 0 saturated heterocycles. The first kappa shape index (κ1) is 22.9. The minimum absolute atomic E-state index is 0.0655. The number of hydrogen-bond donors (Lipinski definition) is 4. The summed E-state index contributed by atoms with van der Waals surface area (Å²) in [6.07, 6.45) is 1.25. The van der Waals surface area contributed by atoms with Crippen LogP contribution in [0.4, 0.5) is 0 Å². The minimum atomic E-state index is -0.669. The fourth-order valence-corrected chi connectivity index (χ4v) is 2.07. The van der Waals surface area contributed by atoms with E-state index in [1.807, 2.05) is 22.6 Å². The molecule has 0 saturated carbocycles. The fourth-order valence-electron chi connectivity index (χ4n) is 1.70. The molecule has 0 aromatic carbocycles. The topological polar surface area (TPSA) is 116 Å². The van der Waals surface area contributed by atoms with E-state index in [0.717, 1.165) is 0 Å². The molecule has 0 bridgehead atoms. The molecule has 0 rings (SSSR count). The number of rotatable bonds is 12. The summed E-state index contributed by atoms with van der Waals surface area (Å²) in [4.78, 5) is 45.8. The fraction of sp³-hybridized carbons (Fsp3) is 0.714. The van der Waals surface area contributed by atoms with E-state index in [-0.39, 0.29) is 49.0 Å². The molecule has 0 aliphatic heterocycles. The van der Waals surface area contributed by atoms with Crippen molar-refractivity contribution in [1.82, 2.24) is 21.3 Å². The largest absolute Gasteiger partial charge is 0.355 e. The van der Waals surface area contributed by atoms with E-state index in [1.54, 1.807) is 6.92 Å². The van der Waals surface area contributed by atoms with Crippen molar-refractivity contribution in [1.29, 1.82) is 0 Å². The summed E-state index contributed by atoms with van der Waals surface area (Å²) in [7, 11) is 0. The number of hydrogen-bond acceptors (Lipinski definition) is 4. The zero-order valence-electron chi connectivity index (χ0n) is 13.6. The van der Waals surface area contributed by atoms with Crippen molar-refractivity contribution < 1.29 is 19.2 Å². The van der Waals surface area contributed by atoms with Gasteiger partial charge in [-0.15, -0.1) is 11.6 Å². The molecule has 1 unspecified atom stereocenters. The molecule has 0 spiro atoms. The molecular weight excluding hydrogens is 451 g/mol. The average molecular weight is 475 g/mol. The van der Waals surface area contributed by atoms with Gasteiger partial charge in [0.1, 0.15) is 11.9 Å². The van der Waals surface area contributed by atoms with E-state index in [9.17, 15) is 19.2 Å². The molecule has 0 radical (unpaired) electrons. The Hall–Kier alpha value is -1.10. The van der Waals surface area contributed by atoms with E-state index in [0.29, 0.717) is 23.8 Å². The van der Waals surface area contributed by atoms with E-state index in [4.69, 9.17) is 11.6 Å². The second kappa shape index (κ2) is 14.3. The van der Waals surface area contributed by atoms with Gasteiger partial charge in [-0.25, -0.2) is 0 Å². The quantitative estimate of drug-likeness (QED) is 0.176. The monoisotopic (exact) mass is 474 g/mol. The van der Waals surface area contributed by atoms with Gasteiger partial charge < -0.3 is 21.3 Å². The molecule has 0 aliphatic carbocycles. The van der Waals surface area contributed by atoms with Crippen LogP contribution in [0.5, 0.6) is 0 Å². The third kappa shape index (κ3) is 11.4. The Morgan fingerprint density at radius 1 is 0.958 bits per heavy atom. The molecule has 0 heterocycles. The van der Waals surface area contributed by atoms with Gasteiger partial charge in [-0.05, 0) is 12.8 Å². The molecule has 1 atom stereocenters. The molecule has 0 aromatic rings. The van der Waals surface area contributed by atoms with Crippen molar-refractivity contribution in [2.24, 2.45) is 0 Å². The Labute approximate surface area is 160 Å². The second-order valence-electron chi connectivity index (χ2n) is 4.87. The molecule has 0 aliphatic rings. The Balaban J connectivity index is 4.26. The van der Waals surface area contributed by atoms with Crippen LogP contribution in [0.1, 0.15) is 26.2 Å². The molecule has 24 heavy (non-hydrogen) atoms. The summed E-state index contributed by atoms with van der Waals surface area (Å²) in [5.41, 5.74) is 0. The lowest BCUT2D eigenvalue weighted by atomic mass is 10.1. The zero-order valence-corrected chi connectivity index (χ0v) is 16.5. The van der Waals surface area contributed by atoms with Gasteiger partial charge in [0.25, 0.3) is 0 Å². The predicted molar refractivity (Wildman–Crippen MR) is 100 cm³/mol. The number of carbonyl (C=O) groups excluding carboxylic acids is 4. The maximum Gasteiger partial charge on any atom is 0.242 e. The van der Waals surface area contributed by atoms with E-state index in [2.05, 4.69) is 21.3 Å². The van der Waals surface area contributed by atoms with Gasteiger partial charge in [-0.1, -0.05) is 29.5 Å². The Bertz CT molecular complexity index is 437. The number of alkyl halides is 2. The highest BCUT2D eigenvalue weighted by molar-refractivity contribution is 14.1. The maximum absolute atomic E-state index is 12.1. The third-order valence-corrected chi connectivity index (χ3v) is 3.89. The van der Waals surface area contributed by atoms with E-state index in [1.165, 1.54) is 0 Å². The van der Waals surface area contributed by atoms with Crippen LogP contribution < -0.4 is 21.3 Å². The predicted octanol–water partition coefficient (Wildman–Crippen LogP) is -0.316. The number of carbonyl (C=O) groups is 4. The highest BCUT2D eigenvalue weighted by Gasteiger charge is 2.19. The van der Waals surface area contributed by atoms with Crippen LogP contribution in [0, 0.1) is 0 Å². The lowest BCUT2D eigenvalue weighted by Crippen LogP contribution is -2.48. The number of amides is 4. The van der Waals surface area contributed by atoms with Crippen molar-refractivity contribution in [2.75, 3.05) is 29.9 Å². The summed E-state index contributed by atoms with van der Waals surface area (Å²) in [6, 6.07) is -0.669. The zero-order chi connectivity index (χ0) is 18.4. The summed E-state index contributed by atoms with van der Waals surface area (Å²) in [5, 5.41) is 10.6. The van der Waals surface area contributed by atoms with Gasteiger partial charge >= 0.3 is 0 Å². The van der Waals surface area contributed by atoms with Crippen LogP contribution in [-0.2, 0) is 19.2 Å². The molecule has 0 aromatic heterocycles. The summed E-state index contributed by atoms with van der Waals surface area (Å²) in [5.74, 6) is -1.05. The lowest BCUT2D eigenvalue weighted by molar-refractivity contribution is -0.129. The summed E-state index contributed by atoms with van der Waals surface area (Å²) in [6.45, 7) is 2.65. The summed E-state index contributed by atoms with van der Waals surface area (Å²) < 4.78 is 0.377. The lowest BCUT2D eigenvalue weighted by Gasteiger charge is -2.18. The average Bonchev–Trinajstić information content (AvgIpc) is 2.59. The first-order valence-electron chi connectivity index (χ1n) is 7.67. The van der Waals surface area contributed by atoms with Gasteiger partial charge in [0, 0.05) is 26.1 Å². The highest BCUT2D eigenvalue weighted by atomic mass is 127. The Morgan fingerprint density at radius 2 is 1.58 bits per heavy atom. The van der Waals surface area contributed by atoms with Crippen LogP contribution in [-0.4, -0.2) is 59.6 Å². The van der Waals surface area contributed by atoms with Crippen molar-refractivity contribution in [2.45, 2.75) is 32.2 Å². The van der Waals surface area contributed by atoms with Crippen LogP contribution in [0.3, 0.4) is 0 Å². The van der Waals surface area contributed by atoms with Crippen molar-refractivity contribution in [3.8, 4) is 0 Å². The normalized spacial score (nSPS) is 11.3. The second-order valence-corrected chi connectivity index (χ2v) is 5.90. The first-order valence-corrected chi connectivity index (χ1v) is 9.73. The molecule has 4 N–H and O–H groups in total. The van der Waals surface area contributed by atoms with Crippen LogP contribution in [0.25, 0.3) is 0 Å². The van der Waals surface area contributed by atoms with Gasteiger partial charge in [0.05, 0.1) is 4.43 Å². The van der Waals surface area contributed by atoms with Crippen LogP contribution in [0.15, 0.2) is 0 Å². The minimum Gasteiger partial charge on any atom is -0.355 e. The Morgan fingerprint density at radius 3 is 2.17 bits per heavy atom.